The van der Waals surface area contributed by atoms with Gasteiger partial charge in [0.25, 0.3) is 0 Å². The summed E-state index contributed by atoms with van der Waals surface area (Å²) < 4.78 is 4.56. The Hall–Kier alpha value is -1.91. The van der Waals surface area contributed by atoms with Crippen LogP contribution in [-0.2, 0) is 19.1 Å². The van der Waals surface area contributed by atoms with E-state index >= 15 is 0 Å². The Labute approximate surface area is 86.0 Å². The highest BCUT2D eigenvalue weighted by Gasteiger charge is 2.37. The standard InChI is InChI=1S/C10H9NO4/c1-15-10(14)8-3-2-6-4-7(12)5-9(13)11(6)8/h2-4,8H,5H2,1H3/t8-/m1/s1. The second kappa shape index (κ2) is 3.34. The number of rotatable bonds is 1. The summed E-state index contributed by atoms with van der Waals surface area (Å²) in [5.41, 5.74) is 0.464. The van der Waals surface area contributed by atoms with Gasteiger partial charge in [0.05, 0.1) is 13.5 Å². The molecule has 15 heavy (non-hydrogen) atoms. The molecule has 2 rings (SSSR count). The highest BCUT2D eigenvalue weighted by atomic mass is 16.5. The van der Waals surface area contributed by atoms with Gasteiger partial charge in [-0.15, -0.1) is 0 Å². The van der Waals surface area contributed by atoms with Gasteiger partial charge >= 0.3 is 5.97 Å². The molecule has 1 atom stereocenters. The molecule has 0 fully saturated rings. The number of methoxy groups -OCH3 is 1. The highest BCUT2D eigenvalue weighted by Crippen LogP contribution is 2.25. The first-order valence-corrected chi connectivity index (χ1v) is 4.46. The van der Waals surface area contributed by atoms with Crippen LogP contribution in [0.3, 0.4) is 0 Å². The van der Waals surface area contributed by atoms with Crippen LogP contribution in [0.15, 0.2) is 23.9 Å². The number of nitrogens with zero attached hydrogens (tertiary/aromatic N) is 1. The number of hydrogen-bond donors (Lipinski definition) is 0. The van der Waals surface area contributed by atoms with E-state index in [1.54, 1.807) is 12.2 Å². The molecule has 1 amide bonds. The number of hydrogen-bond acceptors (Lipinski definition) is 4. The highest BCUT2D eigenvalue weighted by molar-refractivity contribution is 6.09. The Morgan fingerprint density at radius 1 is 1.53 bits per heavy atom. The lowest BCUT2D eigenvalue weighted by Crippen LogP contribution is -2.43. The molecule has 78 valence electrons. The van der Waals surface area contributed by atoms with Crippen LogP contribution in [0.1, 0.15) is 6.42 Å². The maximum absolute atomic E-state index is 11.5. The van der Waals surface area contributed by atoms with Crippen molar-refractivity contribution in [2.45, 2.75) is 12.5 Å². The Morgan fingerprint density at radius 2 is 2.27 bits per heavy atom. The zero-order valence-corrected chi connectivity index (χ0v) is 8.10. The predicted molar refractivity (Wildman–Crippen MR) is 49.5 cm³/mol. The zero-order chi connectivity index (χ0) is 11.0. The van der Waals surface area contributed by atoms with Crippen LogP contribution in [0.4, 0.5) is 0 Å². The number of carbonyl (C=O) groups excluding carboxylic acids is 3. The van der Waals surface area contributed by atoms with Gasteiger partial charge in [-0.05, 0) is 12.2 Å². The second-order valence-corrected chi connectivity index (χ2v) is 3.30. The lowest BCUT2D eigenvalue weighted by molar-refractivity contribution is -0.149. The molecule has 5 nitrogen and oxygen atoms in total. The van der Waals surface area contributed by atoms with Crippen molar-refractivity contribution < 1.29 is 19.1 Å². The summed E-state index contributed by atoms with van der Waals surface area (Å²) in [5.74, 6) is -1.10. The fourth-order valence-electron chi connectivity index (χ4n) is 1.69. The fourth-order valence-corrected chi connectivity index (χ4v) is 1.69. The molecule has 0 unspecified atom stereocenters. The van der Waals surface area contributed by atoms with Crippen molar-refractivity contribution in [3.05, 3.63) is 23.9 Å². The van der Waals surface area contributed by atoms with E-state index in [0.29, 0.717) is 5.70 Å². The lowest BCUT2D eigenvalue weighted by Gasteiger charge is -2.26. The lowest BCUT2D eigenvalue weighted by atomic mass is 10.1. The summed E-state index contributed by atoms with van der Waals surface area (Å²) in [4.78, 5) is 35.2. The van der Waals surface area contributed by atoms with E-state index in [2.05, 4.69) is 4.74 Å². The van der Waals surface area contributed by atoms with Gasteiger partial charge in [-0.25, -0.2) is 4.79 Å². The zero-order valence-electron chi connectivity index (χ0n) is 8.10. The largest absolute Gasteiger partial charge is 0.467 e. The number of fused-ring (bicyclic) bond motifs is 1. The Balaban J connectivity index is 2.33. The first kappa shape index (κ1) is 9.64. The van der Waals surface area contributed by atoms with Crippen molar-refractivity contribution in [3.63, 3.8) is 0 Å². The predicted octanol–water partition coefficient (Wildman–Crippen LogP) is -0.217. The molecule has 0 radical (unpaired) electrons. The molecular formula is C10H9NO4. The molecule has 0 spiro atoms. The third kappa shape index (κ3) is 1.45. The van der Waals surface area contributed by atoms with Crippen LogP contribution in [-0.4, -0.2) is 35.7 Å². The minimum Gasteiger partial charge on any atom is -0.467 e. The molecular weight excluding hydrogens is 198 g/mol. The van der Waals surface area contributed by atoms with Gasteiger partial charge in [-0.2, -0.15) is 0 Å². The van der Waals surface area contributed by atoms with Gasteiger partial charge in [0.2, 0.25) is 5.91 Å². The smallest absolute Gasteiger partial charge is 0.333 e. The Kier molecular flexibility index (Phi) is 2.15. The van der Waals surface area contributed by atoms with E-state index in [9.17, 15) is 14.4 Å². The van der Waals surface area contributed by atoms with Crippen LogP contribution < -0.4 is 0 Å². The number of allylic oxidation sites excluding steroid dienone is 2. The first-order chi connectivity index (χ1) is 7.13. The number of ketones is 1. The van der Waals surface area contributed by atoms with Crippen molar-refractivity contribution in [1.82, 2.24) is 4.90 Å². The van der Waals surface area contributed by atoms with Crippen molar-refractivity contribution >= 4 is 17.7 Å². The van der Waals surface area contributed by atoms with Gasteiger partial charge in [0.15, 0.2) is 11.8 Å². The third-order valence-corrected chi connectivity index (χ3v) is 2.35. The van der Waals surface area contributed by atoms with Gasteiger partial charge in [0.1, 0.15) is 0 Å². The quantitative estimate of drug-likeness (QED) is 0.440. The molecule has 0 aromatic heterocycles. The molecule has 2 aliphatic heterocycles. The maximum Gasteiger partial charge on any atom is 0.333 e. The van der Waals surface area contributed by atoms with E-state index in [0.717, 1.165) is 0 Å². The van der Waals surface area contributed by atoms with Crippen LogP contribution in [0.2, 0.25) is 0 Å². The van der Waals surface area contributed by atoms with Crippen molar-refractivity contribution in [2.24, 2.45) is 0 Å². The topological polar surface area (TPSA) is 63.7 Å². The molecule has 0 aliphatic carbocycles. The van der Waals surface area contributed by atoms with Crippen LogP contribution in [0.25, 0.3) is 0 Å². The van der Waals surface area contributed by atoms with Crippen molar-refractivity contribution in [1.29, 1.82) is 0 Å². The summed E-state index contributed by atoms with van der Waals surface area (Å²) >= 11 is 0. The minimum absolute atomic E-state index is 0.182. The fraction of sp³-hybridized carbons (Fsp3) is 0.300. The molecule has 2 heterocycles. The van der Waals surface area contributed by atoms with E-state index in [-0.39, 0.29) is 18.1 Å². The normalized spacial score (nSPS) is 23.9. The van der Waals surface area contributed by atoms with Gasteiger partial charge in [0, 0.05) is 11.8 Å². The van der Waals surface area contributed by atoms with E-state index in [4.69, 9.17) is 0 Å². The van der Waals surface area contributed by atoms with Crippen LogP contribution >= 0.6 is 0 Å². The van der Waals surface area contributed by atoms with E-state index in [1.807, 2.05) is 0 Å². The summed E-state index contributed by atoms with van der Waals surface area (Å²) in [6.07, 6.45) is 4.31. The second-order valence-electron chi connectivity index (χ2n) is 3.30. The number of esters is 1. The molecule has 0 aromatic carbocycles. The Bertz CT molecular complexity index is 408. The number of ether oxygens (including phenoxy) is 1. The minimum atomic E-state index is -0.721. The molecule has 0 N–H and O–H groups in total. The Morgan fingerprint density at radius 3 is 2.93 bits per heavy atom. The van der Waals surface area contributed by atoms with Crippen LogP contribution in [0, 0.1) is 0 Å². The summed E-state index contributed by atoms with van der Waals surface area (Å²) in [6, 6.07) is -0.721. The molecule has 0 bridgehead atoms. The summed E-state index contributed by atoms with van der Waals surface area (Å²) in [5, 5.41) is 0. The average molecular weight is 207 g/mol. The van der Waals surface area contributed by atoms with E-state index in [1.165, 1.54) is 18.1 Å². The third-order valence-electron chi connectivity index (χ3n) is 2.35. The molecule has 0 saturated heterocycles. The van der Waals surface area contributed by atoms with Crippen molar-refractivity contribution in [2.75, 3.05) is 7.11 Å². The van der Waals surface area contributed by atoms with Gasteiger partial charge in [-0.3, -0.25) is 14.5 Å². The molecule has 0 saturated carbocycles. The monoisotopic (exact) mass is 207 g/mol. The molecule has 2 aliphatic rings. The van der Waals surface area contributed by atoms with E-state index < -0.39 is 12.0 Å². The van der Waals surface area contributed by atoms with Crippen molar-refractivity contribution in [3.8, 4) is 0 Å². The molecule has 5 heteroatoms. The number of carbonyl (C=O) groups is 3. The van der Waals surface area contributed by atoms with Gasteiger partial charge in [-0.1, -0.05) is 0 Å². The summed E-state index contributed by atoms with van der Waals surface area (Å²) in [7, 11) is 1.26. The SMILES string of the molecule is COC(=O)[C@H]1C=CC2=CC(=O)CC(=O)N21. The maximum atomic E-state index is 11.5. The van der Waals surface area contributed by atoms with Crippen LogP contribution in [0.5, 0.6) is 0 Å². The average Bonchev–Trinajstić information content (AvgIpc) is 2.60. The van der Waals surface area contributed by atoms with Gasteiger partial charge < -0.3 is 4.74 Å². The number of amides is 1. The summed E-state index contributed by atoms with van der Waals surface area (Å²) in [6.45, 7) is 0. The molecule has 0 aromatic rings. The first-order valence-electron chi connectivity index (χ1n) is 4.46.